The van der Waals surface area contributed by atoms with Crippen LogP contribution in [-0.2, 0) is 5.75 Å². The first-order chi connectivity index (χ1) is 13.2. The maximum Gasteiger partial charge on any atom is 0.259 e. The van der Waals surface area contributed by atoms with Crippen molar-refractivity contribution in [2.75, 3.05) is 19.7 Å². The van der Waals surface area contributed by atoms with Crippen molar-refractivity contribution >= 4 is 34.4 Å². The van der Waals surface area contributed by atoms with Gasteiger partial charge in [-0.1, -0.05) is 54.9 Å². The highest BCUT2D eigenvalue weighted by atomic mass is 35.5. The predicted molar refractivity (Wildman–Crippen MR) is 113 cm³/mol. The van der Waals surface area contributed by atoms with Gasteiger partial charge in [0.25, 0.3) is 5.91 Å². The van der Waals surface area contributed by atoms with E-state index in [1.807, 2.05) is 48.5 Å². The number of ether oxygens (including phenoxy) is 1. The zero-order valence-electron chi connectivity index (χ0n) is 15.4. The summed E-state index contributed by atoms with van der Waals surface area (Å²) in [6.07, 6.45) is 2.12. The molecule has 0 spiro atoms. The van der Waals surface area contributed by atoms with Crippen molar-refractivity contribution in [3.05, 3.63) is 64.7 Å². The molecule has 0 radical (unpaired) electrons. The second-order valence-corrected chi connectivity index (χ2v) is 7.58. The Morgan fingerprint density at radius 2 is 2.00 bits per heavy atom. The molecule has 1 aliphatic rings. The Morgan fingerprint density at radius 1 is 1.22 bits per heavy atom. The summed E-state index contributed by atoms with van der Waals surface area (Å²) in [6.45, 7) is 4.07. The molecule has 0 bridgehead atoms. The predicted octanol–water partition coefficient (Wildman–Crippen LogP) is 5.26. The monoisotopic (exact) mass is 402 g/mol. The second kappa shape index (κ2) is 9.81. The Hall–Kier alpha value is -1.98. The number of rotatable bonds is 7. The molecule has 0 unspecified atom stereocenters. The van der Waals surface area contributed by atoms with Crippen molar-refractivity contribution in [1.29, 1.82) is 0 Å². The van der Waals surface area contributed by atoms with Crippen LogP contribution in [0.2, 0.25) is 5.02 Å². The van der Waals surface area contributed by atoms with E-state index >= 15 is 0 Å². The van der Waals surface area contributed by atoms with Crippen molar-refractivity contribution in [3.8, 4) is 5.75 Å². The normalized spacial score (nSPS) is 13.6. The fourth-order valence-corrected chi connectivity index (χ4v) is 4.01. The van der Waals surface area contributed by atoms with Gasteiger partial charge in [0.2, 0.25) is 0 Å². The average molecular weight is 403 g/mol. The van der Waals surface area contributed by atoms with Crippen LogP contribution in [0.25, 0.3) is 0 Å². The molecule has 1 amide bonds. The minimum Gasteiger partial charge on any atom is -0.494 e. The number of carbonyl (C=O) groups is 1. The Bertz CT molecular complexity index is 808. The highest BCUT2D eigenvalue weighted by Gasteiger charge is 2.25. The number of aliphatic imine (C=N–C) groups is 1. The first-order valence-corrected chi connectivity index (χ1v) is 10.5. The lowest BCUT2D eigenvalue weighted by Crippen LogP contribution is -2.32. The summed E-state index contributed by atoms with van der Waals surface area (Å²) >= 11 is 7.76. The number of nitrogens with zero attached hydrogens (tertiary/aromatic N) is 2. The van der Waals surface area contributed by atoms with Crippen LogP contribution in [0.3, 0.4) is 0 Å². The van der Waals surface area contributed by atoms with Crippen LogP contribution in [-0.4, -0.2) is 35.7 Å². The minimum absolute atomic E-state index is 0.0296. The van der Waals surface area contributed by atoms with Crippen molar-refractivity contribution < 1.29 is 9.53 Å². The Morgan fingerprint density at radius 3 is 2.74 bits per heavy atom. The zero-order valence-corrected chi connectivity index (χ0v) is 16.9. The SMILES string of the molecule is CCCCOc1ccc(C(=O)N2CCN=C2SCc2ccccc2Cl)cc1. The van der Waals surface area contributed by atoms with E-state index in [9.17, 15) is 4.79 Å². The third-order valence-electron chi connectivity index (χ3n) is 4.23. The lowest BCUT2D eigenvalue weighted by molar-refractivity contribution is 0.0860. The standard InChI is InChI=1S/C21H23ClN2O2S/c1-2-3-14-26-18-10-8-16(9-11-18)20(25)24-13-12-23-21(24)27-15-17-6-4-5-7-19(17)22/h4-11H,2-3,12-15H2,1H3. The molecule has 4 nitrogen and oxygen atoms in total. The summed E-state index contributed by atoms with van der Waals surface area (Å²) in [5, 5.41) is 1.49. The van der Waals surface area contributed by atoms with Crippen LogP contribution >= 0.6 is 23.4 Å². The number of hydrogen-bond acceptors (Lipinski definition) is 4. The smallest absolute Gasteiger partial charge is 0.259 e. The molecule has 27 heavy (non-hydrogen) atoms. The number of benzene rings is 2. The number of amidine groups is 1. The fraction of sp³-hybridized carbons (Fsp3) is 0.333. The van der Waals surface area contributed by atoms with E-state index in [0.717, 1.165) is 34.3 Å². The topological polar surface area (TPSA) is 41.9 Å². The van der Waals surface area contributed by atoms with Crippen molar-refractivity contribution in [3.63, 3.8) is 0 Å². The first kappa shape index (κ1) is 19.8. The third kappa shape index (κ3) is 5.27. The van der Waals surface area contributed by atoms with Gasteiger partial charge in [-0.2, -0.15) is 0 Å². The molecule has 142 valence electrons. The van der Waals surface area contributed by atoms with E-state index in [2.05, 4.69) is 11.9 Å². The number of unbranched alkanes of at least 4 members (excludes halogenated alkanes) is 1. The molecule has 0 saturated heterocycles. The Balaban J connectivity index is 1.60. The summed E-state index contributed by atoms with van der Waals surface area (Å²) in [7, 11) is 0. The molecule has 0 atom stereocenters. The molecule has 0 aliphatic carbocycles. The number of halogens is 1. The third-order valence-corrected chi connectivity index (χ3v) is 5.66. The second-order valence-electron chi connectivity index (χ2n) is 6.23. The van der Waals surface area contributed by atoms with Gasteiger partial charge < -0.3 is 4.74 Å². The van der Waals surface area contributed by atoms with Crippen LogP contribution in [0.5, 0.6) is 5.75 Å². The molecule has 2 aromatic carbocycles. The molecule has 1 heterocycles. The Kier molecular flexibility index (Phi) is 7.18. The molecule has 2 aromatic rings. The lowest BCUT2D eigenvalue weighted by atomic mass is 10.2. The van der Waals surface area contributed by atoms with Crippen LogP contribution in [0.15, 0.2) is 53.5 Å². The average Bonchev–Trinajstić information content (AvgIpc) is 3.16. The number of thioether (sulfide) groups is 1. The molecule has 3 rings (SSSR count). The summed E-state index contributed by atoms with van der Waals surface area (Å²) in [4.78, 5) is 19.1. The van der Waals surface area contributed by atoms with Crippen molar-refractivity contribution in [2.24, 2.45) is 4.99 Å². The van der Waals surface area contributed by atoms with Crippen LogP contribution in [0.4, 0.5) is 0 Å². The van der Waals surface area contributed by atoms with E-state index in [4.69, 9.17) is 16.3 Å². The van der Waals surface area contributed by atoms with Gasteiger partial charge in [0.15, 0.2) is 5.17 Å². The van der Waals surface area contributed by atoms with Crippen LogP contribution < -0.4 is 4.74 Å². The molecular formula is C21H23ClN2O2S. The maximum atomic E-state index is 12.9. The van der Waals surface area contributed by atoms with Gasteiger partial charge in [-0.15, -0.1) is 0 Å². The van der Waals surface area contributed by atoms with Gasteiger partial charge >= 0.3 is 0 Å². The van der Waals surface area contributed by atoms with Crippen molar-refractivity contribution in [1.82, 2.24) is 4.90 Å². The van der Waals surface area contributed by atoms with Gasteiger partial charge in [0, 0.05) is 22.9 Å². The molecule has 1 aliphatic heterocycles. The molecular weight excluding hydrogens is 380 g/mol. The van der Waals surface area contributed by atoms with Crippen LogP contribution in [0.1, 0.15) is 35.7 Å². The van der Waals surface area contributed by atoms with E-state index in [1.165, 1.54) is 0 Å². The zero-order chi connectivity index (χ0) is 19.1. The largest absolute Gasteiger partial charge is 0.494 e. The number of carbonyl (C=O) groups excluding carboxylic acids is 1. The maximum absolute atomic E-state index is 12.9. The highest BCUT2D eigenvalue weighted by Crippen LogP contribution is 2.25. The van der Waals surface area contributed by atoms with Gasteiger partial charge in [-0.3, -0.25) is 14.7 Å². The van der Waals surface area contributed by atoms with Gasteiger partial charge in [0.05, 0.1) is 13.2 Å². The van der Waals surface area contributed by atoms with Gasteiger partial charge in [-0.05, 0) is 42.3 Å². The quantitative estimate of drug-likeness (QED) is 0.593. The summed E-state index contributed by atoms with van der Waals surface area (Å²) in [6, 6.07) is 15.1. The molecule has 0 saturated carbocycles. The van der Waals surface area contributed by atoms with E-state index < -0.39 is 0 Å². The summed E-state index contributed by atoms with van der Waals surface area (Å²) in [5.74, 6) is 1.45. The number of hydrogen-bond donors (Lipinski definition) is 0. The minimum atomic E-state index is -0.0296. The molecule has 0 aromatic heterocycles. The van der Waals surface area contributed by atoms with E-state index in [0.29, 0.717) is 31.0 Å². The van der Waals surface area contributed by atoms with Crippen molar-refractivity contribution in [2.45, 2.75) is 25.5 Å². The Labute approximate surface area is 169 Å². The first-order valence-electron chi connectivity index (χ1n) is 9.14. The summed E-state index contributed by atoms with van der Waals surface area (Å²) in [5.41, 5.74) is 1.69. The van der Waals surface area contributed by atoms with E-state index in [-0.39, 0.29) is 5.91 Å². The summed E-state index contributed by atoms with van der Waals surface area (Å²) < 4.78 is 5.66. The number of amides is 1. The molecule has 0 fully saturated rings. The van der Waals surface area contributed by atoms with Gasteiger partial charge in [0.1, 0.15) is 5.75 Å². The highest BCUT2D eigenvalue weighted by molar-refractivity contribution is 8.13. The fourth-order valence-electron chi connectivity index (χ4n) is 2.68. The molecule has 0 N–H and O–H groups in total. The van der Waals surface area contributed by atoms with Gasteiger partial charge in [-0.25, -0.2) is 0 Å². The lowest BCUT2D eigenvalue weighted by Gasteiger charge is -2.18. The van der Waals surface area contributed by atoms with Crippen LogP contribution in [0, 0.1) is 0 Å². The molecule has 6 heteroatoms. The van der Waals surface area contributed by atoms with E-state index in [1.54, 1.807) is 16.7 Å².